The van der Waals surface area contributed by atoms with Crippen LogP contribution in [0.5, 0.6) is 5.75 Å². The summed E-state index contributed by atoms with van der Waals surface area (Å²) in [5, 5.41) is -0.164. The summed E-state index contributed by atoms with van der Waals surface area (Å²) < 4.78 is 69.2. The number of allylic oxidation sites excluding steroid dienone is 1. The fourth-order valence-corrected chi connectivity index (χ4v) is 13.2. The maximum atomic E-state index is 13.8. The minimum Gasteiger partial charge on any atom is -0.487 e. The Morgan fingerprint density at radius 1 is 0.938 bits per heavy atom. The highest BCUT2D eigenvalue weighted by atomic mass is 35.5. The zero-order chi connectivity index (χ0) is 45.9. The minimum absolute atomic E-state index is 0.0591. The van der Waals surface area contributed by atoms with Gasteiger partial charge < -0.3 is 19.3 Å². The average Bonchev–Trinajstić information content (AvgIpc) is 3.32. The number of benzene rings is 3. The lowest BCUT2D eigenvalue weighted by Gasteiger charge is -2.53. The van der Waals surface area contributed by atoms with Crippen LogP contribution in [0.25, 0.3) is 0 Å². The van der Waals surface area contributed by atoms with Gasteiger partial charge in [-0.2, -0.15) is 0 Å². The van der Waals surface area contributed by atoms with Crippen molar-refractivity contribution in [3.05, 3.63) is 101 Å². The van der Waals surface area contributed by atoms with Crippen molar-refractivity contribution < 1.29 is 35.9 Å². The number of ether oxygens (including phenoxy) is 2. The van der Waals surface area contributed by atoms with Crippen LogP contribution in [0.3, 0.4) is 0 Å². The zero-order valence-electron chi connectivity index (χ0n) is 37.9. The Bertz CT molecular complexity index is 2460. The highest BCUT2D eigenvalue weighted by Crippen LogP contribution is 2.47. The van der Waals surface area contributed by atoms with E-state index < -0.39 is 36.6 Å². The van der Waals surface area contributed by atoms with Gasteiger partial charge in [-0.3, -0.25) is 19.4 Å². The molecule has 3 aromatic rings. The number of fused-ring (bicyclic) bond motifs is 4. The monoisotopic (exact) mass is 949 g/mol. The van der Waals surface area contributed by atoms with E-state index in [0.29, 0.717) is 56.5 Å². The number of carbonyl (C=O) groups excluding carboxylic acids is 2. The van der Waals surface area contributed by atoms with Gasteiger partial charge in [0, 0.05) is 89.1 Å². The van der Waals surface area contributed by atoms with Gasteiger partial charge >= 0.3 is 0 Å². The maximum absolute atomic E-state index is 13.8. The number of aryl methyl sites for hydroxylation is 1. The molecule has 0 spiro atoms. The Kier molecular flexibility index (Phi) is 14.7. The third-order valence-corrected chi connectivity index (χ3v) is 18.7. The van der Waals surface area contributed by atoms with Gasteiger partial charge in [-0.1, -0.05) is 54.9 Å². The van der Waals surface area contributed by atoms with E-state index in [1.54, 1.807) is 62.6 Å². The number of methoxy groups -OCH3 is 1. The minimum atomic E-state index is -4.04. The van der Waals surface area contributed by atoms with E-state index >= 15 is 0 Å². The number of piperazine rings is 2. The Labute approximate surface area is 390 Å². The SMILES string of the molecule is CO[C@@]1(CN2CCN3CCN(C(=O)CCS(=O)(=O)c4ccccc4)C[C@H]3C2)/C=C/C[C@H](C)[C@@H](C)S(=O)(=O)NC(=O)c2ccc3c(c2)N(CCCCc2cc(Cl)ccc2CO3)C[C@@H]2CC[C@H]21. The van der Waals surface area contributed by atoms with Crippen molar-refractivity contribution in [2.75, 3.05) is 76.7 Å². The van der Waals surface area contributed by atoms with Crippen LogP contribution in [-0.2, 0) is 42.4 Å². The molecule has 0 unspecified atom stereocenters. The van der Waals surface area contributed by atoms with Crippen LogP contribution in [-0.4, -0.2) is 132 Å². The van der Waals surface area contributed by atoms with Crippen LogP contribution in [0.2, 0.25) is 5.02 Å². The molecule has 0 aromatic heterocycles. The third kappa shape index (κ3) is 10.8. The third-order valence-electron chi connectivity index (χ3n) is 14.8. The van der Waals surface area contributed by atoms with Gasteiger partial charge in [-0.05, 0) is 117 Å². The van der Waals surface area contributed by atoms with E-state index in [-0.39, 0.29) is 52.3 Å². The van der Waals surface area contributed by atoms with E-state index in [1.807, 2.05) is 30.0 Å². The van der Waals surface area contributed by atoms with Crippen molar-refractivity contribution >= 4 is 49.0 Å². The normalized spacial score (nSPS) is 28.5. The number of hydrogen-bond acceptors (Lipinski definition) is 11. The Hall–Kier alpha value is -3.99. The first-order chi connectivity index (χ1) is 31.1. The molecule has 2 saturated heterocycles. The quantitative estimate of drug-likeness (QED) is 0.270. The number of nitrogens with zero attached hydrogens (tertiary/aromatic N) is 4. The molecule has 1 N–H and O–H groups in total. The lowest BCUT2D eigenvalue weighted by atomic mass is 9.63. The predicted octanol–water partition coefficient (Wildman–Crippen LogP) is 6.21. The number of rotatable bonds is 7. The van der Waals surface area contributed by atoms with Gasteiger partial charge in [-0.15, -0.1) is 0 Å². The smallest absolute Gasteiger partial charge is 0.264 e. The number of carbonyl (C=O) groups is 2. The number of anilines is 1. The van der Waals surface area contributed by atoms with E-state index in [0.717, 1.165) is 75.1 Å². The van der Waals surface area contributed by atoms with Gasteiger partial charge in [0.15, 0.2) is 9.84 Å². The van der Waals surface area contributed by atoms with Crippen molar-refractivity contribution in [3.8, 4) is 5.75 Å². The number of sulfonamides is 1. The van der Waals surface area contributed by atoms with Crippen LogP contribution >= 0.6 is 11.6 Å². The molecule has 13 nitrogen and oxygen atoms in total. The van der Waals surface area contributed by atoms with Crippen LogP contribution in [0.15, 0.2) is 83.8 Å². The average molecular weight is 951 g/mol. The number of hydrogen-bond donors (Lipinski definition) is 1. The fourth-order valence-electron chi connectivity index (χ4n) is 10.5. The van der Waals surface area contributed by atoms with Gasteiger partial charge in [0.25, 0.3) is 5.91 Å². The molecule has 8 rings (SSSR count). The van der Waals surface area contributed by atoms with Crippen molar-refractivity contribution in [2.24, 2.45) is 17.8 Å². The summed E-state index contributed by atoms with van der Waals surface area (Å²) in [6, 6.07) is 19.5. The number of sulfone groups is 1. The topological polar surface area (TPSA) is 146 Å². The molecular weight excluding hydrogens is 886 g/mol. The van der Waals surface area contributed by atoms with Crippen LogP contribution < -0.4 is 14.4 Å². The van der Waals surface area contributed by atoms with E-state index in [4.69, 9.17) is 21.1 Å². The summed E-state index contributed by atoms with van der Waals surface area (Å²) >= 11 is 6.44. The summed E-state index contributed by atoms with van der Waals surface area (Å²) in [4.78, 5) is 36.6. The molecule has 3 aromatic carbocycles. The highest BCUT2D eigenvalue weighted by Gasteiger charge is 2.49. The second-order valence-electron chi connectivity index (χ2n) is 18.8. The summed E-state index contributed by atoms with van der Waals surface area (Å²) in [6.45, 7) is 10.1. The summed E-state index contributed by atoms with van der Waals surface area (Å²) in [6.07, 6.45) is 9.29. The first kappa shape index (κ1) is 47.5. The van der Waals surface area contributed by atoms with Crippen molar-refractivity contribution in [1.82, 2.24) is 19.4 Å². The molecule has 1 aliphatic carbocycles. The van der Waals surface area contributed by atoms with Crippen molar-refractivity contribution in [1.29, 1.82) is 0 Å². The zero-order valence-corrected chi connectivity index (χ0v) is 40.3. The summed E-state index contributed by atoms with van der Waals surface area (Å²) in [5.74, 6) is -0.324. The van der Waals surface area contributed by atoms with Crippen molar-refractivity contribution in [3.63, 3.8) is 0 Å². The van der Waals surface area contributed by atoms with Gasteiger partial charge in [0.2, 0.25) is 15.9 Å². The molecule has 3 fully saturated rings. The second-order valence-corrected chi connectivity index (χ2v) is 23.4. The predicted molar refractivity (Wildman–Crippen MR) is 254 cm³/mol. The highest BCUT2D eigenvalue weighted by molar-refractivity contribution is 7.91. The van der Waals surface area contributed by atoms with Crippen molar-refractivity contribution in [2.45, 2.75) is 87.2 Å². The Morgan fingerprint density at radius 3 is 2.51 bits per heavy atom. The Morgan fingerprint density at radius 2 is 1.74 bits per heavy atom. The van der Waals surface area contributed by atoms with E-state index in [9.17, 15) is 26.4 Å². The van der Waals surface area contributed by atoms with Crippen LogP contribution in [0.4, 0.5) is 5.69 Å². The molecule has 352 valence electrons. The second kappa shape index (κ2) is 20.1. The maximum Gasteiger partial charge on any atom is 0.264 e. The molecule has 6 atom stereocenters. The lowest BCUT2D eigenvalue weighted by molar-refractivity contribution is -0.136. The summed E-state index contributed by atoms with van der Waals surface area (Å²) in [7, 11) is -5.82. The first-order valence-corrected chi connectivity index (χ1v) is 26.8. The van der Waals surface area contributed by atoms with Gasteiger partial charge in [-0.25, -0.2) is 21.6 Å². The molecule has 65 heavy (non-hydrogen) atoms. The first-order valence-electron chi connectivity index (χ1n) is 23.2. The number of amides is 2. The molecule has 4 aliphatic heterocycles. The standard InChI is InChI=1S/C49H64ClN5O8S2/c1-35-10-9-21-49(62-3,34-52-23-24-53-25-26-55(32-42(53)31-52)47(56)20-27-64(58,59)43-12-5-4-6-13-43)44-18-15-39(44)30-54-22-8-7-11-37-28-41(50)17-14-40(37)33-63-46-19-16-38(29-45(46)54)48(57)51-65(60,61)36(35)2/h4-6,9,12-14,16-17,19,21,28-29,35-36,39,42,44H,7-8,10-11,15,18,20,22-27,30-34H2,1-3H3,(H,51,57)/b21-9+/t35-,36+,39-,42+,44+,49+/m0/s1. The summed E-state index contributed by atoms with van der Waals surface area (Å²) in [5.41, 5.74) is 2.53. The lowest BCUT2D eigenvalue weighted by Crippen LogP contribution is -2.65. The molecule has 2 bridgehead atoms. The number of halogens is 1. The van der Waals surface area contributed by atoms with Gasteiger partial charge in [0.1, 0.15) is 18.0 Å². The largest absolute Gasteiger partial charge is 0.487 e. The molecular formula is C49H64ClN5O8S2. The van der Waals surface area contributed by atoms with Crippen LogP contribution in [0, 0.1) is 17.8 Å². The molecule has 5 aliphatic rings. The van der Waals surface area contributed by atoms with Crippen LogP contribution in [0.1, 0.15) is 73.9 Å². The Balaban J connectivity index is 1.05. The van der Waals surface area contributed by atoms with E-state index in [1.165, 1.54) is 0 Å². The van der Waals surface area contributed by atoms with E-state index in [2.05, 4.69) is 31.6 Å². The molecule has 16 heteroatoms. The number of nitrogens with one attached hydrogen (secondary N) is 1. The molecule has 4 heterocycles. The fraction of sp³-hybridized carbons (Fsp3) is 0.551. The van der Waals surface area contributed by atoms with Gasteiger partial charge in [0.05, 0.1) is 21.6 Å². The molecule has 0 radical (unpaired) electrons. The molecule has 1 saturated carbocycles. The molecule has 2 amide bonds.